The molecule has 3 aromatic rings. The molecule has 2 aliphatic rings. The number of alkyl halides is 6. The van der Waals surface area contributed by atoms with Crippen LogP contribution >= 0.6 is 0 Å². The van der Waals surface area contributed by atoms with Gasteiger partial charge < -0.3 is 35.1 Å². The zero-order chi connectivity index (χ0) is 34.4. The van der Waals surface area contributed by atoms with Gasteiger partial charge in [-0.15, -0.1) is 0 Å². The number of nitrogens with zero attached hydrogens (tertiary/aromatic N) is 1. The van der Waals surface area contributed by atoms with Crippen molar-refractivity contribution in [2.75, 3.05) is 26.9 Å². The summed E-state index contributed by atoms with van der Waals surface area (Å²) in [6.45, 7) is -4.41. The lowest BCUT2D eigenvalue weighted by Crippen LogP contribution is -2.58. The number of amides is 2. The third-order valence-corrected chi connectivity index (χ3v) is 7.61. The normalized spacial score (nSPS) is 18.9. The number of hydrogen-bond acceptors (Lipinski definition) is 8. The van der Waals surface area contributed by atoms with Gasteiger partial charge in [-0.1, -0.05) is 0 Å². The second-order valence-electron chi connectivity index (χ2n) is 10.9. The number of aliphatic hydroxyl groups excluding tert-OH is 1. The van der Waals surface area contributed by atoms with E-state index in [2.05, 4.69) is 4.98 Å². The van der Waals surface area contributed by atoms with Gasteiger partial charge in [0.15, 0.2) is 22.8 Å². The minimum absolute atomic E-state index is 0.0385. The molecule has 0 saturated heterocycles. The number of pyridine rings is 1. The zero-order valence-corrected chi connectivity index (χ0v) is 24.3. The smallest absolute Gasteiger partial charge is 0.424 e. The lowest BCUT2D eigenvalue weighted by atomic mass is 9.86. The van der Waals surface area contributed by atoms with E-state index in [1.165, 1.54) is 25.3 Å². The molecule has 1 saturated carbocycles. The first-order valence-corrected chi connectivity index (χ1v) is 13.9. The number of hydrogen-bond donors (Lipinski definition) is 4. The first-order chi connectivity index (χ1) is 22.0. The second-order valence-corrected chi connectivity index (χ2v) is 10.9. The summed E-state index contributed by atoms with van der Waals surface area (Å²) in [5.74, 6) is -3.77. The molecule has 1 fully saturated rings. The molecule has 1 aromatic heterocycles. The van der Waals surface area contributed by atoms with Crippen LogP contribution in [-0.4, -0.2) is 72.3 Å². The van der Waals surface area contributed by atoms with Gasteiger partial charge in [-0.05, 0) is 61.4 Å². The van der Waals surface area contributed by atoms with Gasteiger partial charge in [-0.2, -0.15) is 26.3 Å². The number of carbonyl (C=O) groups excluding carboxylic acids is 2. The highest BCUT2D eigenvalue weighted by Crippen LogP contribution is 2.52. The van der Waals surface area contributed by atoms with Crippen LogP contribution in [0.25, 0.3) is 11.3 Å². The van der Waals surface area contributed by atoms with Crippen molar-refractivity contribution >= 4 is 11.8 Å². The number of methoxy groups -OCH3 is 1. The molecule has 4 N–H and O–H groups in total. The summed E-state index contributed by atoms with van der Waals surface area (Å²) in [4.78, 5) is 28.8. The van der Waals surface area contributed by atoms with Gasteiger partial charge in [0.05, 0.1) is 25.5 Å². The van der Waals surface area contributed by atoms with Crippen LogP contribution in [0.4, 0.5) is 30.7 Å². The summed E-state index contributed by atoms with van der Waals surface area (Å²) >= 11 is 0. The Balaban J connectivity index is 1.60. The van der Waals surface area contributed by atoms with E-state index in [0.29, 0.717) is 0 Å². The number of carbonyl (C=O) groups is 2. The Bertz CT molecular complexity index is 1680. The topological polar surface area (TPSA) is 139 Å². The van der Waals surface area contributed by atoms with Crippen LogP contribution in [-0.2, 0) is 15.9 Å². The predicted octanol–water partition coefficient (Wildman–Crippen LogP) is 3.88. The van der Waals surface area contributed by atoms with Crippen molar-refractivity contribution in [3.05, 3.63) is 71.2 Å². The van der Waals surface area contributed by atoms with E-state index in [1.807, 2.05) is 5.32 Å². The van der Waals surface area contributed by atoms with Crippen molar-refractivity contribution in [3.63, 3.8) is 0 Å². The SMILES string of the molecule is COc1cc(C(=O)NCC(O)(c2cc3c(c(-c4ccc(F)cc4)n2)OCC3(NC(=O)CO)C(F)(F)F)C(F)(F)F)ccc1OC1CC1. The van der Waals surface area contributed by atoms with E-state index in [9.17, 15) is 45.4 Å². The maximum atomic E-state index is 14.7. The fourth-order valence-corrected chi connectivity index (χ4v) is 4.87. The molecule has 1 aliphatic heterocycles. The van der Waals surface area contributed by atoms with Crippen LogP contribution in [0.2, 0.25) is 0 Å². The third kappa shape index (κ3) is 6.36. The highest BCUT2D eigenvalue weighted by atomic mass is 19.4. The van der Waals surface area contributed by atoms with Crippen molar-refractivity contribution in [1.82, 2.24) is 15.6 Å². The minimum atomic E-state index is -5.66. The predicted molar refractivity (Wildman–Crippen MR) is 147 cm³/mol. The first kappa shape index (κ1) is 33.7. The van der Waals surface area contributed by atoms with Gasteiger partial charge in [0.1, 0.15) is 24.7 Å². The molecule has 2 heterocycles. The third-order valence-electron chi connectivity index (χ3n) is 7.61. The summed E-state index contributed by atoms with van der Waals surface area (Å²) in [7, 11) is 1.28. The molecule has 0 bridgehead atoms. The lowest BCUT2D eigenvalue weighted by molar-refractivity contribution is -0.265. The van der Waals surface area contributed by atoms with E-state index in [1.54, 1.807) is 5.32 Å². The fourth-order valence-electron chi connectivity index (χ4n) is 4.87. The Morgan fingerprint density at radius 2 is 1.72 bits per heavy atom. The van der Waals surface area contributed by atoms with Crippen LogP contribution < -0.4 is 24.8 Å². The lowest BCUT2D eigenvalue weighted by Gasteiger charge is -2.34. The van der Waals surface area contributed by atoms with Crippen molar-refractivity contribution in [2.45, 2.75) is 42.4 Å². The van der Waals surface area contributed by atoms with Gasteiger partial charge >= 0.3 is 12.4 Å². The van der Waals surface area contributed by atoms with Gasteiger partial charge in [-0.25, -0.2) is 9.37 Å². The van der Waals surface area contributed by atoms with E-state index >= 15 is 0 Å². The van der Waals surface area contributed by atoms with Crippen molar-refractivity contribution in [3.8, 4) is 28.5 Å². The molecule has 10 nitrogen and oxygen atoms in total. The van der Waals surface area contributed by atoms with Crippen molar-refractivity contribution in [2.24, 2.45) is 0 Å². The van der Waals surface area contributed by atoms with Gasteiger partial charge in [0.2, 0.25) is 11.5 Å². The van der Waals surface area contributed by atoms with E-state index in [4.69, 9.17) is 19.3 Å². The molecule has 252 valence electrons. The van der Waals surface area contributed by atoms with Crippen LogP contribution in [0, 0.1) is 5.82 Å². The monoisotopic (exact) mass is 673 g/mol. The quantitative estimate of drug-likeness (QED) is 0.238. The molecular weight excluding hydrogens is 647 g/mol. The van der Waals surface area contributed by atoms with Crippen LogP contribution in [0.1, 0.15) is 34.5 Å². The Hall–Kier alpha value is -4.64. The molecular formula is C30H26F7N3O7. The highest BCUT2D eigenvalue weighted by molar-refractivity contribution is 5.95. The summed E-state index contributed by atoms with van der Waals surface area (Å²) in [6.07, 6.45) is -9.49. The molecule has 2 atom stereocenters. The average molecular weight is 674 g/mol. The number of aromatic nitrogens is 1. The molecule has 2 aromatic carbocycles. The van der Waals surface area contributed by atoms with Gasteiger partial charge in [0, 0.05) is 16.7 Å². The fraction of sp³-hybridized carbons (Fsp3) is 0.367. The molecule has 47 heavy (non-hydrogen) atoms. The number of benzene rings is 2. The number of nitrogens with one attached hydrogen (secondary N) is 2. The number of rotatable bonds is 10. The van der Waals surface area contributed by atoms with Crippen molar-refractivity contribution in [1.29, 1.82) is 0 Å². The summed E-state index contributed by atoms with van der Waals surface area (Å²) in [5.41, 5.74) is -11.2. The Kier molecular flexibility index (Phi) is 8.74. The molecule has 2 unspecified atom stereocenters. The standard InChI is InChI=1S/C30H26F7N3O7/c1-45-21-10-16(4-9-20(21)47-18-7-8-18)26(43)38-13-28(44,30(35,36)37)22-11-19-25(24(39-22)15-2-5-17(31)6-3-15)46-14-27(19,29(32,33)34)40-23(42)12-41/h2-6,9-11,18,41,44H,7-8,12-14H2,1H3,(H,38,43)(H,40,42). The maximum Gasteiger partial charge on any atom is 0.424 e. The molecule has 5 rings (SSSR count). The van der Waals surface area contributed by atoms with Crippen LogP contribution in [0.3, 0.4) is 0 Å². The van der Waals surface area contributed by atoms with Crippen LogP contribution in [0.5, 0.6) is 17.2 Å². The van der Waals surface area contributed by atoms with Gasteiger partial charge in [-0.3, -0.25) is 9.59 Å². The number of fused-ring (bicyclic) bond motifs is 1. The summed E-state index contributed by atoms with van der Waals surface area (Å²) in [6, 6.07) is 7.79. The second kappa shape index (κ2) is 12.2. The average Bonchev–Trinajstić information content (AvgIpc) is 3.76. The zero-order valence-electron chi connectivity index (χ0n) is 24.3. The molecule has 0 radical (unpaired) electrons. The van der Waals surface area contributed by atoms with E-state index < -0.39 is 83.6 Å². The van der Waals surface area contributed by atoms with Gasteiger partial charge in [0.25, 0.3) is 5.91 Å². The Morgan fingerprint density at radius 1 is 1.04 bits per heavy atom. The van der Waals surface area contributed by atoms with Crippen molar-refractivity contribution < 1.29 is 64.7 Å². The molecule has 2 amide bonds. The molecule has 1 aliphatic carbocycles. The first-order valence-electron chi connectivity index (χ1n) is 13.9. The number of aliphatic hydroxyl groups is 2. The Labute approximate surface area is 261 Å². The maximum absolute atomic E-state index is 14.7. The van der Waals surface area contributed by atoms with E-state index in [0.717, 1.165) is 37.1 Å². The summed E-state index contributed by atoms with van der Waals surface area (Å²) < 4.78 is 118. The summed E-state index contributed by atoms with van der Waals surface area (Å²) in [5, 5.41) is 23.8. The number of halogens is 7. The Morgan fingerprint density at radius 3 is 2.30 bits per heavy atom. The number of ether oxygens (including phenoxy) is 3. The molecule has 0 spiro atoms. The minimum Gasteiger partial charge on any atom is -0.493 e. The molecule has 17 heteroatoms. The highest BCUT2D eigenvalue weighted by Gasteiger charge is 2.64. The van der Waals surface area contributed by atoms with E-state index in [-0.39, 0.29) is 34.8 Å². The largest absolute Gasteiger partial charge is 0.493 e. The van der Waals surface area contributed by atoms with Crippen LogP contribution in [0.15, 0.2) is 48.5 Å².